The molecule has 0 aliphatic heterocycles. The van der Waals surface area contributed by atoms with E-state index >= 15 is 0 Å². The topological polar surface area (TPSA) is 91.2 Å². The maximum atomic E-state index is 11.3. The molecule has 0 saturated carbocycles. The Labute approximate surface area is 114 Å². The smallest absolute Gasteiger partial charge is 0.285 e. The third kappa shape index (κ3) is 1.97. The van der Waals surface area contributed by atoms with Crippen molar-refractivity contribution in [2.45, 2.75) is 0 Å². The molecule has 3 aromatic heterocycles. The number of carbonyl (C=O) groups is 1. The summed E-state index contributed by atoms with van der Waals surface area (Å²) in [6.07, 6.45) is 1.40. The van der Waals surface area contributed by atoms with Gasteiger partial charge in [-0.3, -0.25) is 4.79 Å². The van der Waals surface area contributed by atoms with Gasteiger partial charge in [0.25, 0.3) is 5.91 Å². The van der Waals surface area contributed by atoms with Gasteiger partial charge in [-0.15, -0.1) is 0 Å². The number of primary amides is 1. The van der Waals surface area contributed by atoms with E-state index in [1.165, 1.54) is 6.26 Å². The van der Waals surface area contributed by atoms with Crippen LogP contribution >= 0.6 is 0 Å². The Balaban J connectivity index is 2.16. The summed E-state index contributed by atoms with van der Waals surface area (Å²) in [7, 11) is 1.54. The molecule has 0 aromatic carbocycles. The van der Waals surface area contributed by atoms with Crippen LogP contribution in [-0.2, 0) is 0 Å². The van der Waals surface area contributed by atoms with Crippen molar-refractivity contribution >= 4 is 16.9 Å². The van der Waals surface area contributed by atoms with Crippen molar-refractivity contribution < 1.29 is 13.9 Å². The molecule has 100 valence electrons. The van der Waals surface area contributed by atoms with Crippen LogP contribution < -0.4 is 10.5 Å². The normalized spacial score (nSPS) is 10.7. The van der Waals surface area contributed by atoms with Crippen molar-refractivity contribution in [3.63, 3.8) is 0 Å². The molecular weight excluding hydrogens is 258 g/mol. The van der Waals surface area contributed by atoms with Crippen molar-refractivity contribution in [3.8, 4) is 17.1 Å². The molecule has 0 fully saturated rings. The Hall–Kier alpha value is -2.89. The van der Waals surface area contributed by atoms with E-state index in [1.807, 2.05) is 12.1 Å². The summed E-state index contributed by atoms with van der Waals surface area (Å²) in [4.78, 5) is 20.0. The summed E-state index contributed by atoms with van der Waals surface area (Å²) in [6, 6.07) is 8.92. The molecule has 1 amide bonds. The number of methoxy groups -OCH3 is 1. The van der Waals surface area contributed by atoms with Gasteiger partial charge in [0.2, 0.25) is 5.88 Å². The molecule has 0 aliphatic carbocycles. The van der Waals surface area contributed by atoms with Crippen molar-refractivity contribution in [2.24, 2.45) is 5.73 Å². The highest BCUT2D eigenvalue weighted by molar-refractivity contribution is 5.97. The van der Waals surface area contributed by atoms with Crippen LogP contribution in [0.25, 0.3) is 22.3 Å². The average molecular weight is 269 g/mol. The Morgan fingerprint density at radius 3 is 2.75 bits per heavy atom. The minimum Gasteiger partial charge on any atom is -0.481 e. The molecule has 0 radical (unpaired) electrons. The zero-order chi connectivity index (χ0) is 14.1. The summed E-state index contributed by atoms with van der Waals surface area (Å²) < 4.78 is 10.1. The summed E-state index contributed by atoms with van der Waals surface area (Å²) >= 11 is 0. The van der Waals surface area contributed by atoms with Gasteiger partial charge in [0.1, 0.15) is 0 Å². The van der Waals surface area contributed by atoms with Gasteiger partial charge in [-0.25, -0.2) is 4.98 Å². The second kappa shape index (κ2) is 4.65. The molecule has 20 heavy (non-hydrogen) atoms. The number of aromatic nitrogens is 2. The number of rotatable bonds is 3. The number of ether oxygens (including phenoxy) is 1. The third-order valence-electron chi connectivity index (χ3n) is 2.90. The number of pyridine rings is 2. The lowest BCUT2D eigenvalue weighted by Crippen LogP contribution is -2.11. The second-order valence-corrected chi connectivity index (χ2v) is 4.12. The third-order valence-corrected chi connectivity index (χ3v) is 2.90. The molecule has 0 spiro atoms. The van der Waals surface area contributed by atoms with Gasteiger partial charge in [0.05, 0.1) is 24.6 Å². The molecular formula is C14H11N3O3. The van der Waals surface area contributed by atoms with Crippen LogP contribution in [0.3, 0.4) is 0 Å². The number of nitrogens with two attached hydrogens (primary N) is 1. The monoisotopic (exact) mass is 269 g/mol. The van der Waals surface area contributed by atoms with Crippen molar-refractivity contribution in [1.29, 1.82) is 0 Å². The van der Waals surface area contributed by atoms with Gasteiger partial charge in [0.15, 0.2) is 11.4 Å². The molecule has 2 N–H and O–H groups in total. The predicted octanol–water partition coefficient (Wildman–Crippen LogP) is 2.00. The number of carbonyl (C=O) groups excluding carboxylic acids is 1. The van der Waals surface area contributed by atoms with E-state index in [-0.39, 0.29) is 5.76 Å². The SMILES string of the molecule is COc1ccc2ccc(-c3ccoc3C(N)=O)nc2n1. The lowest BCUT2D eigenvalue weighted by Gasteiger charge is -2.03. The first-order valence-electron chi connectivity index (χ1n) is 5.88. The molecule has 0 aliphatic rings. The highest BCUT2D eigenvalue weighted by Crippen LogP contribution is 2.25. The van der Waals surface area contributed by atoms with Gasteiger partial charge in [-0.05, 0) is 24.3 Å². The number of nitrogens with zero attached hydrogens (tertiary/aromatic N) is 2. The summed E-state index contributed by atoms with van der Waals surface area (Å²) in [5.41, 5.74) is 6.90. The average Bonchev–Trinajstić information content (AvgIpc) is 2.95. The standard InChI is InChI=1S/C14H11N3O3/c1-19-11-5-3-8-2-4-10(16-14(8)17-11)9-6-7-20-12(9)13(15)18/h2-7H,1H3,(H2,15,18). The van der Waals surface area contributed by atoms with Crippen molar-refractivity contribution in [2.75, 3.05) is 7.11 Å². The van der Waals surface area contributed by atoms with Gasteiger partial charge in [0, 0.05) is 11.5 Å². The molecule has 3 rings (SSSR count). The highest BCUT2D eigenvalue weighted by atomic mass is 16.5. The minimum atomic E-state index is -0.634. The lowest BCUT2D eigenvalue weighted by atomic mass is 10.1. The molecule has 6 heteroatoms. The molecule has 0 unspecified atom stereocenters. The first-order chi connectivity index (χ1) is 9.69. The van der Waals surface area contributed by atoms with Crippen LogP contribution in [0.2, 0.25) is 0 Å². The van der Waals surface area contributed by atoms with Gasteiger partial charge < -0.3 is 14.9 Å². The summed E-state index contributed by atoms with van der Waals surface area (Å²) in [6.45, 7) is 0. The molecule has 0 saturated heterocycles. The van der Waals surface area contributed by atoms with Crippen LogP contribution in [0.1, 0.15) is 10.6 Å². The molecule has 0 atom stereocenters. The van der Waals surface area contributed by atoms with Gasteiger partial charge in [-0.2, -0.15) is 4.98 Å². The number of fused-ring (bicyclic) bond motifs is 1. The number of furan rings is 1. The van der Waals surface area contributed by atoms with Crippen molar-refractivity contribution in [1.82, 2.24) is 9.97 Å². The quantitative estimate of drug-likeness (QED) is 0.785. The van der Waals surface area contributed by atoms with Crippen molar-refractivity contribution in [3.05, 3.63) is 42.4 Å². The van der Waals surface area contributed by atoms with Gasteiger partial charge in [-0.1, -0.05) is 0 Å². The fourth-order valence-electron chi connectivity index (χ4n) is 1.95. The van der Waals surface area contributed by atoms with E-state index in [4.69, 9.17) is 14.9 Å². The first-order valence-corrected chi connectivity index (χ1v) is 5.88. The van der Waals surface area contributed by atoms with E-state index in [9.17, 15) is 4.79 Å². The maximum Gasteiger partial charge on any atom is 0.285 e. The fraction of sp³-hybridized carbons (Fsp3) is 0.0714. The Morgan fingerprint density at radius 1 is 1.20 bits per heavy atom. The Kier molecular flexibility index (Phi) is 2.83. The summed E-state index contributed by atoms with van der Waals surface area (Å²) in [5, 5.41) is 0.874. The largest absolute Gasteiger partial charge is 0.481 e. The molecule has 3 heterocycles. The van der Waals surface area contributed by atoms with Crippen LogP contribution in [0.5, 0.6) is 5.88 Å². The van der Waals surface area contributed by atoms with E-state index in [2.05, 4.69) is 9.97 Å². The molecule has 6 nitrogen and oxygen atoms in total. The van der Waals surface area contributed by atoms with Crippen LogP contribution in [-0.4, -0.2) is 23.0 Å². The Morgan fingerprint density at radius 2 is 2.00 bits per heavy atom. The zero-order valence-electron chi connectivity index (χ0n) is 10.7. The van der Waals surface area contributed by atoms with Crippen LogP contribution in [0.4, 0.5) is 0 Å². The number of hydrogen-bond acceptors (Lipinski definition) is 5. The number of amides is 1. The van der Waals surface area contributed by atoms with E-state index in [1.54, 1.807) is 25.3 Å². The highest BCUT2D eigenvalue weighted by Gasteiger charge is 2.15. The summed E-state index contributed by atoms with van der Waals surface area (Å²) in [5.74, 6) is -0.0743. The minimum absolute atomic E-state index is 0.0831. The van der Waals surface area contributed by atoms with Gasteiger partial charge >= 0.3 is 0 Å². The molecule has 3 aromatic rings. The molecule has 0 bridgehead atoms. The van der Waals surface area contributed by atoms with E-state index < -0.39 is 5.91 Å². The van der Waals surface area contributed by atoms with E-state index in [0.717, 1.165) is 5.39 Å². The number of hydrogen-bond donors (Lipinski definition) is 1. The second-order valence-electron chi connectivity index (χ2n) is 4.12. The van der Waals surface area contributed by atoms with Crippen LogP contribution in [0.15, 0.2) is 41.0 Å². The fourth-order valence-corrected chi connectivity index (χ4v) is 1.95. The predicted molar refractivity (Wildman–Crippen MR) is 72.3 cm³/mol. The lowest BCUT2D eigenvalue weighted by molar-refractivity contribution is 0.0974. The van der Waals surface area contributed by atoms with E-state index in [0.29, 0.717) is 22.8 Å². The first kappa shape index (κ1) is 12.2. The van der Waals surface area contributed by atoms with Crippen LogP contribution in [0, 0.1) is 0 Å². The Bertz CT molecular complexity index is 795. The maximum absolute atomic E-state index is 11.3. The zero-order valence-corrected chi connectivity index (χ0v) is 10.7.